The van der Waals surface area contributed by atoms with E-state index in [4.69, 9.17) is 14.2 Å². The van der Waals surface area contributed by atoms with Gasteiger partial charge in [-0.25, -0.2) is 4.98 Å². The molecule has 0 spiro atoms. The molecule has 1 fully saturated rings. The quantitative estimate of drug-likeness (QED) is 0.316. The number of nitrogens with zero attached hydrogens (tertiary/aromatic N) is 3. The Labute approximate surface area is 201 Å². The monoisotopic (exact) mass is 511 g/mol. The third-order valence-corrected chi connectivity index (χ3v) is 5.88. The predicted octanol–water partition coefficient (Wildman–Crippen LogP) is 4.25. The minimum atomic E-state index is -0.954. The van der Waals surface area contributed by atoms with E-state index in [2.05, 4.69) is 20.9 Å². The van der Waals surface area contributed by atoms with Gasteiger partial charge in [-0.1, -0.05) is 34.1 Å². The topological polar surface area (TPSA) is 65.8 Å². The number of benzene rings is 2. The van der Waals surface area contributed by atoms with Crippen LogP contribution < -0.4 is 4.74 Å². The van der Waals surface area contributed by atoms with Gasteiger partial charge in [-0.3, -0.25) is 4.79 Å². The van der Waals surface area contributed by atoms with E-state index < -0.39 is 5.79 Å². The second-order valence-electron chi connectivity index (χ2n) is 8.00. The number of rotatable bonds is 9. The number of aromatic nitrogens is 2. The molecule has 2 atom stereocenters. The summed E-state index contributed by atoms with van der Waals surface area (Å²) in [5.74, 6) is -0.343. The van der Waals surface area contributed by atoms with Crippen LogP contribution in [0.25, 0.3) is 0 Å². The highest BCUT2D eigenvalue weighted by Gasteiger charge is 2.45. The summed E-state index contributed by atoms with van der Waals surface area (Å²) in [5.41, 5.74) is 1.52. The Bertz CT molecular complexity index is 1100. The van der Waals surface area contributed by atoms with Crippen molar-refractivity contribution in [1.29, 1.82) is 0 Å². The molecule has 1 aliphatic rings. The summed E-state index contributed by atoms with van der Waals surface area (Å²) in [6.45, 7) is 1.18. The average molecular weight is 512 g/mol. The summed E-state index contributed by atoms with van der Waals surface area (Å²) in [7, 11) is 3.74. The minimum Gasteiger partial charge on any atom is -0.491 e. The standard InChI is InChI=1S/C25H26BrN3O4/c1-28(2)13-11-24(30)19-7-9-20(10-8-19)31-15-21-16-32-25(33-21,17-29-14-12-27-18-29)22-5-3-4-6-23(22)26/h3-14,18,21H,15-17H2,1-2H3/b13-11+. The molecular formula is C25H26BrN3O4. The zero-order valence-electron chi connectivity index (χ0n) is 18.6. The van der Waals surface area contributed by atoms with E-state index >= 15 is 0 Å². The molecule has 7 nitrogen and oxygen atoms in total. The number of ketones is 1. The maximum Gasteiger partial charge on any atom is 0.215 e. The summed E-state index contributed by atoms with van der Waals surface area (Å²) in [5, 5.41) is 0. The summed E-state index contributed by atoms with van der Waals surface area (Å²) in [6.07, 6.45) is 8.36. The van der Waals surface area contributed by atoms with Crippen molar-refractivity contribution >= 4 is 21.7 Å². The summed E-state index contributed by atoms with van der Waals surface area (Å²) < 4.78 is 21.5. The van der Waals surface area contributed by atoms with Gasteiger partial charge < -0.3 is 23.7 Å². The van der Waals surface area contributed by atoms with Crippen LogP contribution in [0.1, 0.15) is 15.9 Å². The molecule has 1 saturated heterocycles. The van der Waals surface area contributed by atoms with Gasteiger partial charge in [0.1, 0.15) is 18.5 Å². The summed E-state index contributed by atoms with van der Waals surface area (Å²) in [6, 6.07) is 15.0. The Morgan fingerprint density at radius 1 is 1.27 bits per heavy atom. The number of allylic oxidation sites excluding steroid dienone is 1. The Morgan fingerprint density at radius 3 is 2.76 bits per heavy atom. The number of carbonyl (C=O) groups excluding carboxylic acids is 1. The fraction of sp³-hybridized carbons (Fsp3) is 0.280. The van der Waals surface area contributed by atoms with Crippen LogP contribution in [0.2, 0.25) is 0 Å². The Balaban J connectivity index is 1.42. The number of imidazole rings is 1. The zero-order chi connectivity index (χ0) is 23.3. The van der Waals surface area contributed by atoms with Crippen LogP contribution in [0.3, 0.4) is 0 Å². The molecule has 0 aliphatic carbocycles. The lowest BCUT2D eigenvalue weighted by atomic mass is 10.1. The van der Waals surface area contributed by atoms with Crippen molar-refractivity contribution in [2.75, 3.05) is 27.3 Å². The largest absolute Gasteiger partial charge is 0.491 e. The maximum atomic E-state index is 12.2. The number of carbonyl (C=O) groups is 1. The molecule has 8 heteroatoms. The lowest BCUT2D eigenvalue weighted by Crippen LogP contribution is -2.34. The van der Waals surface area contributed by atoms with E-state index in [1.165, 1.54) is 0 Å². The number of hydrogen-bond acceptors (Lipinski definition) is 6. The molecule has 2 unspecified atom stereocenters. The molecule has 172 valence electrons. The normalized spacial score (nSPS) is 20.3. The van der Waals surface area contributed by atoms with Crippen LogP contribution in [-0.4, -0.2) is 53.6 Å². The van der Waals surface area contributed by atoms with Crippen molar-refractivity contribution < 1.29 is 19.0 Å². The van der Waals surface area contributed by atoms with Gasteiger partial charge >= 0.3 is 0 Å². The van der Waals surface area contributed by atoms with Crippen molar-refractivity contribution in [3.05, 3.63) is 95.1 Å². The van der Waals surface area contributed by atoms with Gasteiger partial charge in [0.05, 0.1) is 19.5 Å². The Kier molecular flexibility index (Phi) is 7.27. The van der Waals surface area contributed by atoms with Crippen molar-refractivity contribution in [1.82, 2.24) is 14.5 Å². The molecule has 2 aromatic carbocycles. The zero-order valence-corrected chi connectivity index (χ0v) is 20.1. The first kappa shape index (κ1) is 23.2. The van der Waals surface area contributed by atoms with Crippen molar-refractivity contribution in [3.63, 3.8) is 0 Å². The number of halogens is 1. The van der Waals surface area contributed by atoms with Crippen LogP contribution in [-0.2, 0) is 21.8 Å². The number of ether oxygens (including phenoxy) is 3. The second-order valence-corrected chi connectivity index (χ2v) is 8.85. The van der Waals surface area contributed by atoms with E-state index in [1.54, 1.807) is 49.1 Å². The van der Waals surface area contributed by atoms with Crippen molar-refractivity contribution in [2.45, 2.75) is 18.4 Å². The fourth-order valence-electron chi connectivity index (χ4n) is 3.56. The highest BCUT2D eigenvalue weighted by atomic mass is 79.9. The van der Waals surface area contributed by atoms with Gasteiger partial charge in [-0.2, -0.15) is 0 Å². The third kappa shape index (κ3) is 5.71. The molecule has 1 aliphatic heterocycles. The maximum absolute atomic E-state index is 12.2. The predicted molar refractivity (Wildman–Crippen MR) is 128 cm³/mol. The van der Waals surface area contributed by atoms with Gasteiger partial charge in [0.2, 0.25) is 5.79 Å². The van der Waals surface area contributed by atoms with E-state index in [-0.39, 0.29) is 11.9 Å². The molecule has 4 rings (SSSR count). The van der Waals surface area contributed by atoms with Crippen LogP contribution in [0, 0.1) is 0 Å². The highest BCUT2D eigenvalue weighted by molar-refractivity contribution is 9.10. The van der Waals surface area contributed by atoms with E-state index in [0.29, 0.717) is 31.1 Å². The van der Waals surface area contributed by atoms with Crippen LogP contribution in [0.15, 0.2) is 84.0 Å². The van der Waals surface area contributed by atoms with Gasteiger partial charge in [-0.05, 0) is 30.3 Å². The van der Waals surface area contributed by atoms with Crippen LogP contribution in [0.4, 0.5) is 0 Å². The van der Waals surface area contributed by atoms with E-state index in [1.807, 2.05) is 54.0 Å². The van der Waals surface area contributed by atoms with Gasteiger partial charge in [-0.15, -0.1) is 0 Å². The van der Waals surface area contributed by atoms with Gasteiger partial charge in [0.25, 0.3) is 0 Å². The molecule has 0 N–H and O–H groups in total. The van der Waals surface area contributed by atoms with Crippen LogP contribution in [0.5, 0.6) is 5.75 Å². The molecule has 0 bridgehead atoms. The van der Waals surface area contributed by atoms with Gasteiger partial charge in [0, 0.05) is 54.4 Å². The molecule has 1 aromatic heterocycles. The molecule has 3 aromatic rings. The summed E-state index contributed by atoms with van der Waals surface area (Å²) >= 11 is 3.63. The van der Waals surface area contributed by atoms with E-state index in [9.17, 15) is 4.79 Å². The third-order valence-electron chi connectivity index (χ3n) is 5.19. The number of hydrogen-bond donors (Lipinski definition) is 0. The second kappa shape index (κ2) is 10.3. The first-order valence-electron chi connectivity index (χ1n) is 10.6. The van der Waals surface area contributed by atoms with E-state index in [0.717, 1.165) is 10.0 Å². The molecule has 2 heterocycles. The highest BCUT2D eigenvalue weighted by Crippen LogP contribution is 2.39. The molecule has 0 saturated carbocycles. The SMILES string of the molecule is CN(C)/C=C/C(=O)c1ccc(OCC2COC(Cn3ccnc3)(c3ccccc3Br)O2)cc1. The Morgan fingerprint density at radius 2 is 2.06 bits per heavy atom. The Hall–Kier alpha value is -2.94. The minimum absolute atomic E-state index is 0.0551. The van der Waals surface area contributed by atoms with Gasteiger partial charge in [0.15, 0.2) is 5.78 Å². The molecule has 0 amide bonds. The summed E-state index contributed by atoms with van der Waals surface area (Å²) in [4.78, 5) is 18.1. The van der Waals surface area contributed by atoms with Crippen molar-refractivity contribution in [2.24, 2.45) is 0 Å². The van der Waals surface area contributed by atoms with Crippen LogP contribution >= 0.6 is 15.9 Å². The smallest absolute Gasteiger partial charge is 0.215 e. The van der Waals surface area contributed by atoms with Crippen molar-refractivity contribution in [3.8, 4) is 5.75 Å². The molecule has 0 radical (unpaired) electrons. The lowest BCUT2D eigenvalue weighted by Gasteiger charge is -2.30. The molecule has 33 heavy (non-hydrogen) atoms. The first-order valence-corrected chi connectivity index (χ1v) is 11.4. The molecular weight excluding hydrogens is 486 g/mol. The fourth-order valence-corrected chi connectivity index (χ4v) is 4.15. The average Bonchev–Trinajstić information content (AvgIpc) is 3.47. The lowest BCUT2D eigenvalue weighted by molar-refractivity contribution is -0.189. The first-order chi connectivity index (χ1) is 15.9.